The van der Waals surface area contributed by atoms with Gasteiger partial charge in [0.05, 0.1) is 19.8 Å². The van der Waals surface area contributed by atoms with Crippen LogP contribution in [0, 0.1) is 0 Å². The summed E-state index contributed by atoms with van der Waals surface area (Å²) in [4.78, 5) is 30.4. The van der Waals surface area contributed by atoms with E-state index in [0.717, 1.165) is 6.42 Å². The number of aliphatic hydroxyl groups excluding tert-OH is 1. The third-order valence-electron chi connectivity index (χ3n) is 3.49. The molecule has 0 amide bonds. The summed E-state index contributed by atoms with van der Waals surface area (Å²) >= 11 is 0. The van der Waals surface area contributed by atoms with Crippen LogP contribution in [-0.2, 0) is 15.1 Å². The highest BCUT2D eigenvalue weighted by molar-refractivity contribution is 5.89. The summed E-state index contributed by atoms with van der Waals surface area (Å²) in [5.74, 6) is -1.52. The molecule has 8 nitrogen and oxygen atoms in total. The predicted octanol–water partition coefficient (Wildman–Crippen LogP) is 1.07. The third-order valence-corrected chi connectivity index (χ3v) is 3.49. The van der Waals surface area contributed by atoms with Crippen molar-refractivity contribution in [2.24, 2.45) is 0 Å². The molecule has 8 heteroatoms. The van der Waals surface area contributed by atoms with Crippen molar-refractivity contribution in [3.05, 3.63) is 21.9 Å². The minimum absolute atomic E-state index is 0.0627. The summed E-state index contributed by atoms with van der Waals surface area (Å²) in [6, 6.07) is 0. The van der Waals surface area contributed by atoms with Gasteiger partial charge in [-0.3, -0.25) is 4.79 Å². The fourth-order valence-electron chi connectivity index (χ4n) is 2.37. The molecule has 0 aliphatic carbocycles. The second kappa shape index (κ2) is 8.64. The van der Waals surface area contributed by atoms with Crippen LogP contribution in [0.4, 0.5) is 0 Å². The SMILES string of the molecule is CCCC(CC)(OCCO)c1nc(C(=O)OCC)c(O)c(=O)[nH]1. The molecule has 1 atom stereocenters. The lowest BCUT2D eigenvalue weighted by Gasteiger charge is -2.31. The van der Waals surface area contributed by atoms with Crippen LogP contribution in [0.2, 0.25) is 0 Å². The maximum atomic E-state index is 12.0. The van der Waals surface area contributed by atoms with Gasteiger partial charge in [0.1, 0.15) is 11.4 Å². The van der Waals surface area contributed by atoms with E-state index < -0.39 is 28.6 Å². The molecule has 0 saturated carbocycles. The summed E-state index contributed by atoms with van der Waals surface area (Å²) in [5, 5.41) is 18.8. The first-order valence-corrected chi connectivity index (χ1v) is 7.71. The Morgan fingerprint density at radius 2 is 2.04 bits per heavy atom. The molecule has 0 aromatic carbocycles. The molecule has 0 fully saturated rings. The maximum Gasteiger partial charge on any atom is 0.361 e. The van der Waals surface area contributed by atoms with Crippen LogP contribution in [0.25, 0.3) is 0 Å². The second-order valence-electron chi connectivity index (χ2n) is 5.00. The molecule has 0 aliphatic heterocycles. The van der Waals surface area contributed by atoms with Gasteiger partial charge in [-0.25, -0.2) is 9.78 Å². The van der Waals surface area contributed by atoms with E-state index in [4.69, 9.17) is 14.6 Å². The van der Waals surface area contributed by atoms with Gasteiger partial charge >= 0.3 is 5.97 Å². The highest BCUT2D eigenvalue weighted by Gasteiger charge is 2.35. The Bertz CT molecular complexity index is 586. The standard InChI is InChI=1S/C15H24N2O6/c1-4-7-15(5-2,23-9-8-18)14-16-10(13(21)22-6-3)11(19)12(20)17-14/h18-19H,4-9H2,1-3H3,(H,16,17,20). The Hall–Kier alpha value is -1.93. The minimum atomic E-state index is -0.953. The lowest BCUT2D eigenvalue weighted by molar-refractivity contribution is -0.0783. The first kappa shape index (κ1) is 19.1. The van der Waals surface area contributed by atoms with Gasteiger partial charge in [0, 0.05) is 0 Å². The molecular weight excluding hydrogens is 304 g/mol. The van der Waals surface area contributed by atoms with Gasteiger partial charge in [-0.15, -0.1) is 0 Å². The Balaban J connectivity index is 3.42. The molecule has 3 N–H and O–H groups in total. The van der Waals surface area contributed by atoms with Crippen molar-refractivity contribution in [1.82, 2.24) is 9.97 Å². The average molecular weight is 328 g/mol. The first-order chi connectivity index (χ1) is 11.0. The number of aliphatic hydroxyl groups is 1. The Labute approximate surface area is 134 Å². The number of esters is 1. The van der Waals surface area contributed by atoms with Gasteiger partial charge in [0.15, 0.2) is 5.69 Å². The molecule has 1 aromatic heterocycles. The molecule has 1 aromatic rings. The second-order valence-corrected chi connectivity index (χ2v) is 5.00. The van der Waals surface area contributed by atoms with Crippen LogP contribution < -0.4 is 5.56 Å². The van der Waals surface area contributed by atoms with Crippen molar-refractivity contribution in [2.75, 3.05) is 19.8 Å². The number of aromatic hydroxyl groups is 1. The van der Waals surface area contributed by atoms with E-state index in [-0.39, 0.29) is 25.6 Å². The minimum Gasteiger partial charge on any atom is -0.501 e. The molecule has 0 spiro atoms. The zero-order valence-corrected chi connectivity index (χ0v) is 13.7. The van der Waals surface area contributed by atoms with Crippen LogP contribution in [0.3, 0.4) is 0 Å². The zero-order chi connectivity index (χ0) is 17.5. The molecule has 0 saturated heterocycles. The largest absolute Gasteiger partial charge is 0.501 e. The molecule has 0 bridgehead atoms. The number of ether oxygens (including phenoxy) is 2. The molecule has 0 radical (unpaired) electrons. The third kappa shape index (κ3) is 4.29. The molecule has 1 rings (SSSR count). The Morgan fingerprint density at radius 3 is 2.57 bits per heavy atom. The Morgan fingerprint density at radius 1 is 1.35 bits per heavy atom. The fourth-order valence-corrected chi connectivity index (χ4v) is 2.37. The van der Waals surface area contributed by atoms with Gasteiger partial charge in [-0.1, -0.05) is 20.3 Å². The number of nitrogens with zero attached hydrogens (tertiary/aromatic N) is 1. The number of aromatic amines is 1. The van der Waals surface area contributed by atoms with Crippen molar-refractivity contribution in [3.63, 3.8) is 0 Å². The quantitative estimate of drug-likeness (QED) is 0.579. The molecule has 23 heavy (non-hydrogen) atoms. The summed E-state index contributed by atoms with van der Waals surface area (Å²) in [7, 11) is 0. The predicted molar refractivity (Wildman–Crippen MR) is 82.4 cm³/mol. The van der Waals surface area contributed by atoms with Crippen molar-refractivity contribution in [3.8, 4) is 5.75 Å². The Kier molecular flexibility index (Phi) is 7.18. The van der Waals surface area contributed by atoms with Crippen molar-refractivity contribution in [1.29, 1.82) is 0 Å². The highest BCUT2D eigenvalue weighted by Crippen LogP contribution is 2.32. The molecule has 1 heterocycles. The van der Waals surface area contributed by atoms with Crippen LogP contribution >= 0.6 is 0 Å². The monoisotopic (exact) mass is 328 g/mol. The number of carbonyl (C=O) groups is 1. The van der Waals surface area contributed by atoms with Crippen LogP contribution in [0.5, 0.6) is 5.75 Å². The van der Waals surface area contributed by atoms with Gasteiger partial charge in [-0.2, -0.15) is 0 Å². The van der Waals surface area contributed by atoms with E-state index in [0.29, 0.717) is 12.8 Å². The number of carbonyl (C=O) groups excluding carboxylic acids is 1. The number of nitrogens with one attached hydrogen (secondary N) is 1. The average Bonchev–Trinajstić information content (AvgIpc) is 2.54. The molecule has 130 valence electrons. The van der Waals surface area contributed by atoms with Gasteiger partial charge < -0.3 is 24.7 Å². The topological polar surface area (TPSA) is 122 Å². The van der Waals surface area contributed by atoms with Crippen molar-refractivity contribution < 1.29 is 24.5 Å². The van der Waals surface area contributed by atoms with Gasteiger partial charge in [0.2, 0.25) is 5.75 Å². The number of aromatic nitrogens is 2. The van der Waals surface area contributed by atoms with E-state index in [2.05, 4.69) is 9.97 Å². The summed E-state index contributed by atoms with van der Waals surface area (Å²) in [6.07, 6.45) is 1.73. The summed E-state index contributed by atoms with van der Waals surface area (Å²) in [5.41, 5.74) is -2.22. The molecular formula is C15H24N2O6. The highest BCUT2D eigenvalue weighted by atomic mass is 16.5. The lowest BCUT2D eigenvalue weighted by atomic mass is 9.93. The molecule has 0 aliphatic rings. The summed E-state index contributed by atoms with van der Waals surface area (Å²) in [6.45, 7) is 5.38. The van der Waals surface area contributed by atoms with E-state index in [1.54, 1.807) is 6.92 Å². The van der Waals surface area contributed by atoms with E-state index in [1.165, 1.54) is 0 Å². The number of H-pyrrole nitrogens is 1. The van der Waals surface area contributed by atoms with Crippen LogP contribution in [-0.4, -0.2) is 46.0 Å². The van der Waals surface area contributed by atoms with Crippen molar-refractivity contribution >= 4 is 5.97 Å². The van der Waals surface area contributed by atoms with E-state index in [9.17, 15) is 14.7 Å². The van der Waals surface area contributed by atoms with Crippen LogP contribution in [0.1, 0.15) is 56.3 Å². The smallest absolute Gasteiger partial charge is 0.361 e. The first-order valence-electron chi connectivity index (χ1n) is 7.71. The van der Waals surface area contributed by atoms with E-state index >= 15 is 0 Å². The molecule has 1 unspecified atom stereocenters. The van der Waals surface area contributed by atoms with E-state index in [1.807, 2.05) is 13.8 Å². The van der Waals surface area contributed by atoms with Crippen molar-refractivity contribution in [2.45, 2.75) is 45.6 Å². The van der Waals surface area contributed by atoms with Crippen LogP contribution in [0.15, 0.2) is 4.79 Å². The fraction of sp³-hybridized carbons (Fsp3) is 0.667. The van der Waals surface area contributed by atoms with Gasteiger partial charge in [0.25, 0.3) is 5.56 Å². The number of hydrogen-bond acceptors (Lipinski definition) is 7. The lowest BCUT2D eigenvalue weighted by Crippen LogP contribution is -2.35. The number of rotatable bonds is 9. The maximum absolute atomic E-state index is 12.0. The zero-order valence-electron chi connectivity index (χ0n) is 13.7. The summed E-state index contributed by atoms with van der Waals surface area (Å²) < 4.78 is 10.5. The van der Waals surface area contributed by atoms with Gasteiger partial charge in [-0.05, 0) is 19.8 Å². The number of hydrogen-bond donors (Lipinski definition) is 3. The normalized spacial score (nSPS) is 13.6.